The quantitative estimate of drug-likeness (QED) is 0.435. The first-order valence-corrected chi connectivity index (χ1v) is 8.48. The predicted octanol–water partition coefficient (Wildman–Crippen LogP) is 3.07. The number of amides is 1. The van der Waals surface area contributed by atoms with E-state index in [0.29, 0.717) is 18.3 Å². The molecule has 1 amide bonds. The number of hydrogen-bond donors (Lipinski definition) is 1. The number of carbonyl (C=O) groups excluding carboxylic acids is 2. The SMILES string of the molecule is O=C(CNC(=O)c1cc([N+](=O)[O-])ccc1Oc1ccccc1)OCC1CC1. The van der Waals surface area contributed by atoms with Crippen molar-refractivity contribution < 1.29 is 24.0 Å². The molecule has 8 heteroatoms. The predicted molar refractivity (Wildman–Crippen MR) is 95.6 cm³/mol. The Kier molecular flexibility index (Phi) is 5.65. The van der Waals surface area contributed by atoms with Crippen LogP contribution in [0.5, 0.6) is 11.5 Å². The summed E-state index contributed by atoms with van der Waals surface area (Å²) in [6, 6.07) is 12.4. The zero-order chi connectivity index (χ0) is 19.2. The molecule has 140 valence electrons. The van der Waals surface area contributed by atoms with E-state index in [4.69, 9.17) is 9.47 Å². The van der Waals surface area contributed by atoms with E-state index in [1.807, 2.05) is 6.07 Å². The number of nitro benzene ring substituents is 1. The van der Waals surface area contributed by atoms with Gasteiger partial charge in [0.2, 0.25) is 0 Å². The molecule has 0 heterocycles. The van der Waals surface area contributed by atoms with Gasteiger partial charge >= 0.3 is 5.97 Å². The highest BCUT2D eigenvalue weighted by molar-refractivity contribution is 5.99. The van der Waals surface area contributed by atoms with Crippen molar-refractivity contribution in [3.05, 3.63) is 64.2 Å². The Morgan fingerprint density at radius 3 is 2.56 bits per heavy atom. The van der Waals surface area contributed by atoms with Gasteiger partial charge in [-0.25, -0.2) is 0 Å². The third kappa shape index (κ3) is 5.27. The van der Waals surface area contributed by atoms with Crippen molar-refractivity contribution in [1.82, 2.24) is 5.32 Å². The molecule has 1 aliphatic carbocycles. The van der Waals surface area contributed by atoms with Gasteiger partial charge in [-0.05, 0) is 37.0 Å². The maximum absolute atomic E-state index is 12.5. The molecule has 0 saturated heterocycles. The smallest absolute Gasteiger partial charge is 0.325 e. The monoisotopic (exact) mass is 370 g/mol. The van der Waals surface area contributed by atoms with E-state index >= 15 is 0 Å². The second-order valence-electron chi connectivity index (χ2n) is 6.16. The summed E-state index contributed by atoms with van der Waals surface area (Å²) in [5, 5.41) is 13.4. The molecular weight excluding hydrogens is 352 g/mol. The number of rotatable bonds is 8. The maximum atomic E-state index is 12.5. The van der Waals surface area contributed by atoms with Crippen molar-refractivity contribution >= 4 is 17.6 Å². The van der Waals surface area contributed by atoms with Crippen molar-refractivity contribution in [3.63, 3.8) is 0 Å². The van der Waals surface area contributed by atoms with Gasteiger partial charge in [0, 0.05) is 12.1 Å². The van der Waals surface area contributed by atoms with Gasteiger partial charge in [0.1, 0.15) is 18.0 Å². The molecule has 0 atom stereocenters. The molecule has 3 rings (SSSR count). The summed E-state index contributed by atoms with van der Waals surface area (Å²) in [6.07, 6.45) is 2.10. The van der Waals surface area contributed by atoms with Gasteiger partial charge in [-0.1, -0.05) is 18.2 Å². The molecule has 1 aliphatic rings. The van der Waals surface area contributed by atoms with Crippen molar-refractivity contribution in [2.75, 3.05) is 13.2 Å². The van der Waals surface area contributed by atoms with Crippen molar-refractivity contribution in [2.45, 2.75) is 12.8 Å². The van der Waals surface area contributed by atoms with Crippen molar-refractivity contribution in [1.29, 1.82) is 0 Å². The first kappa shape index (κ1) is 18.4. The van der Waals surface area contributed by atoms with E-state index in [1.165, 1.54) is 12.1 Å². The molecule has 1 N–H and O–H groups in total. The van der Waals surface area contributed by atoms with Gasteiger partial charge in [0.25, 0.3) is 11.6 Å². The van der Waals surface area contributed by atoms with E-state index < -0.39 is 16.8 Å². The van der Waals surface area contributed by atoms with Crippen LogP contribution in [-0.4, -0.2) is 30.0 Å². The summed E-state index contributed by atoms with van der Waals surface area (Å²) in [7, 11) is 0. The van der Waals surface area contributed by atoms with E-state index in [1.54, 1.807) is 24.3 Å². The summed E-state index contributed by atoms with van der Waals surface area (Å²) < 4.78 is 10.7. The van der Waals surface area contributed by atoms with E-state index in [2.05, 4.69) is 5.32 Å². The topological polar surface area (TPSA) is 108 Å². The standard InChI is InChI=1S/C19H18N2O6/c22-18(26-12-13-6-7-13)11-20-19(23)16-10-14(21(24)25)8-9-17(16)27-15-4-2-1-3-5-15/h1-5,8-10,13H,6-7,11-12H2,(H,20,23). The molecule has 2 aromatic carbocycles. The van der Waals surface area contributed by atoms with Crippen LogP contribution >= 0.6 is 0 Å². The molecule has 2 aromatic rings. The average Bonchev–Trinajstić information content (AvgIpc) is 3.50. The first-order valence-electron chi connectivity index (χ1n) is 8.48. The molecule has 1 saturated carbocycles. The van der Waals surface area contributed by atoms with Gasteiger partial charge in [-0.15, -0.1) is 0 Å². The van der Waals surface area contributed by atoms with Gasteiger partial charge in [-0.3, -0.25) is 19.7 Å². The van der Waals surface area contributed by atoms with Crippen LogP contribution in [0, 0.1) is 16.0 Å². The van der Waals surface area contributed by atoms with E-state index in [-0.39, 0.29) is 23.5 Å². The van der Waals surface area contributed by atoms with Crippen LogP contribution in [0.2, 0.25) is 0 Å². The van der Waals surface area contributed by atoms with Crippen molar-refractivity contribution in [3.8, 4) is 11.5 Å². The number of esters is 1. The third-order valence-corrected chi connectivity index (χ3v) is 3.96. The Morgan fingerprint density at radius 1 is 1.15 bits per heavy atom. The summed E-state index contributed by atoms with van der Waals surface area (Å²) in [4.78, 5) is 34.6. The molecule has 1 fully saturated rings. The fraction of sp³-hybridized carbons (Fsp3) is 0.263. The summed E-state index contributed by atoms with van der Waals surface area (Å²) in [5.41, 5.74) is -0.292. The Bertz CT molecular complexity index is 849. The lowest BCUT2D eigenvalue weighted by molar-refractivity contribution is -0.384. The molecule has 27 heavy (non-hydrogen) atoms. The highest BCUT2D eigenvalue weighted by Crippen LogP contribution is 2.29. The molecule has 8 nitrogen and oxygen atoms in total. The van der Waals surface area contributed by atoms with Gasteiger partial charge in [0.15, 0.2) is 0 Å². The maximum Gasteiger partial charge on any atom is 0.325 e. The number of para-hydroxylation sites is 1. The molecular formula is C19H18N2O6. The Morgan fingerprint density at radius 2 is 1.89 bits per heavy atom. The lowest BCUT2D eigenvalue weighted by Crippen LogP contribution is -2.31. The molecule has 0 bridgehead atoms. The molecule has 0 aliphatic heterocycles. The van der Waals surface area contributed by atoms with Crippen LogP contribution in [0.1, 0.15) is 23.2 Å². The average molecular weight is 370 g/mol. The number of benzene rings is 2. The van der Waals surface area contributed by atoms with Crippen molar-refractivity contribution in [2.24, 2.45) is 5.92 Å². The minimum absolute atomic E-state index is 0.0388. The number of nitrogens with zero attached hydrogens (tertiary/aromatic N) is 1. The number of carbonyl (C=O) groups is 2. The first-order chi connectivity index (χ1) is 13.0. The van der Waals surface area contributed by atoms with E-state index in [9.17, 15) is 19.7 Å². The number of hydrogen-bond acceptors (Lipinski definition) is 6. The minimum Gasteiger partial charge on any atom is -0.464 e. The highest BCUT2D eigenvalue weighted by Gasteiger charge is 2.23. The largest absolute Gasteiger partial charge is 0.464 e. The number of ether oxygens (including phenoxy) is 2. The fourth-order valence-corrected chi connectivity index (χ4v) is 2.31. The van der Waals surface area contributed by atoms with E-state index in [0.717, 1.165) is 18.9 Å². The fourth-order valence-electron chi connectivity index (χ4n) is 2.31. The Hall–Kier alpha value is -3.42. The molecule has 0 aromatic heterocycles. The van der Waals surface area contributed by atoms with Gasteiger partial charge < -0.3 is 14.8 Å². The number of nitrogens with one attached hydrogen (secondary N) is 1. The zero-order valence-electron chi connectivity index (χ0n) is 14.4. The summed E-state index contributed by atoms with van der Waals surface area (Å²) >= 11 is 0. The lowest BCUT2D eigenvalue weighted by atomic mass is 10.1. The zero-order valence-corrected chi connectivity index (χ0v) is 14.4. The second kappa shape index (κ2) is 8.31. The van der Waals surface area contributed by atoms with Crippen LogP contribution in [0.15, 0.2) is 48.5 Å². The Labute approximate surface area is 155 Å². The highest BCUT2D eigenvalue weighted by atomic mass is 16.6. The second-order valence-corrected chi connectivity index (χ2v) is 6.16. The van der Waals surface area contributed by atoms with Crippen LogP contribution in [0.3, 0.4) is 0 Å². The summed E-state index contributed by atoms with van der Waals surface area (Å²) in [5.74, 6) is -0.161. The molecule has 0 unspecified atom stereocenters. The van der Waals surface area contributed by atoms with Crippen LogP contribution in [-0.2, 0) is 9.53 Å². The number of nitro groups is 1. The minimum atomic E-state index is -0.659. The normalized spacial score (nSPS) is 12.9. The molecule has 0 spiro atoms. The van der Waals surface area contributed by atoms with Crippen LogP contribution in [0.4, 0.5) is 5.69 Å². The van der Waals surface area contributed by atoms with Gasteiger partial charge in [0.05, 0.1) is 17.1 Å². The lowest BCUT2D eigenvalue weighted by Gasteiger charge is -2.11. The van der Waals surface area contributed by atoms with Gasteiger partial charge in [-0.2, -0.15) is 0 Å². The number of non-ortho nitro benzene ring substituents is 1. The third-order valence-electron chi connectivity index (χ3n) is 3.96. The molecule has 0 radical (unpaired) electrons. The summed E-state index contributed by atoms with van der Waals surface area (Å²) in [6.45, 7) is 0.0346. The van der Waals surface area contributed by atoms with Crippen LogP contribution < -0.4 is 10.1 Å². The Balaban J connectivity index is 1.71. The van der Waals surface area contributed by atoms with Crippen LogP contribution in [0.25, 0.3) is 0 Å².